The molecule has 0 unspecified atom stereocenters. The summed E-state index contributed by atoms with van der Waals surface area (Å²) in [4.78, 5) is 35.8. The van der Waals surface area contributed by atoms with Crippen molar-refractivity contribution in [2.75, 3.05) is 18.4 Å². The fourth-order valence-electron chi connectivity index (χ4n) is 2.34. The Balaban J connectivity index is 1.84. The topological polar surface area (TPSA) is 87.3 Å². The summed E-state index contributed by atoms with van der Waals surface area (Å²) in [5.74, 6) is -0.874. The van der Waals surface area contributed by atoms with Crippen molar-refractivity contribution in [3.8, 4) is 0 Å². The van der Waals surface area contributed by atoms with Gasteiger partial charge in [-0.2, -0.15) is 0 Å². The Morgan fingerprint density at radius 1 is 0.963 bits per heavy atom. The van der Waals surface area contributed by atoms with Crippen molar-refractivity contribution in [2.45, 2.75) is 19.8 Å². The molecular weight excluding hydrogens is 366 g/mol. The molecule has 0 aromatic heterocycles. The molecule has 142 valence electrons. The van der Waals surface area contributed by atoms with Gasteiger partial charge in [0.25, 0.3) is 5.91 Å². The molecule has 2 rings (SSSR count). The average Bonchev–Trinajstić information content (AvgIpc) is 2.65. The third-order valence-electron chi connectivity index (χ3n) is 3.69. The van der Waals surface area contributed by atoms with E-state index in [9.17, 15) is 14.4 Å². The van der Waals surface area contributed by atoms with Gasteiger partial charge >= 0.3 is 0 Å². The van der Waals surface area contributed by atoms with Gasteiger partial charge < -0.3 is 16.0 Å². The molecular formula is C20H22ClN3O3. The monoisotopic (exact) mass is 387 g/mol. The normalized spacial score (nSPS) is 10.1. The zero-order valence-electron chi connectivity index (χ0n) is 15.0. The lowest BCUT2D eigenvalue weighted by molar-refractivity contribution is -0.123. The standard InChI is InChI=1S/C20H22ClN3O3/c1-2-10-22-20(27)16-9-8-15(12-17(16)21)24-19(26)13-23-18(25)11-14-6-4-3-5-7-14/h3-9,12H,2,10-11,13H2,1H3,(H,22,27)(H,23,25)(H,24,26). The molecule has 7 heteroatoms. The minimum Gasteiger partial charge on any atom is -0.352 e. The molecule has 0 saturated carbocycles. The number of hydrogen-bond donors (Lipinski definition) is 3. The van der Waals surface area contributed by atoms with Gasteiger partial charge in [0.05, 0.1) is 23.6 Å². The predicted octanol–water partition coefficient (Wildman–Crippen LogP) is 2.78. The molecule has 0 saturated heterocycles. The van der Waals surface area contributed by atoms with Crippen LogP contribution in [-0.4, -0.2) is 30.8 Å². The third kappa shape index (κ3) is 6.75. The van der Waals surface area contributed by atoms with Crippen LogP contribution in [0, 0.1) is 0 Å². The first-order valence-corrected chi connectivity index (χ1v) is 9.05. The van der Waals surface area contributed by atoms with Gasteiger partial charge in [-0.25, -0.2) is 0 Å². The molecule has 2 aromatic rings. The molecule has 0 fully saturated rings. The minimum absolute atomic E-state index is 0.151. The van der Waals surface area contributed by atoms with Crippen LogP contribution in [0.1, 0.15) is 29.3 Å². The third-order valence-corrected chi connectivity index (χ3v) is 4.00. The van der Waals surface area contributed by atoms with E-state index in [4.69, 9.17) is 11.6 Å². The quantitative estimate of drug-likeness (QED) is 0.650. The Morgan fingerprint density at radius 3 is 2.37 bits per heavy atom. The predicted molar refractivity (Wildman–Crippen MR) is 106 cm³/mol. The van der Waals surface area contributed by atoms with Gasteiger partial charge in [0.15, 0.2) is 0 Å². The summed E-state index contributed by atoms with van der Waals surface area (Å²) in [6.07, 6.45) is 1.04. The highest BCUT2D eigenvalue weighted by Gasteiger charge is 2.12. The number of nitrogens with one attached hydrogen (secondary N) is 3. The zero-order valence-corrected chi connectivity index (χ0v) is 15.8. The van der Waals surface area contributed by atoms with Crippen molar-refractivity contribution >= 4 is 35.0 Å². The van der Waals surface area contributed by atoms with E-state index >= 15 is 0 Å². The van der Waals surface area contributed by atoms with E-state index in [2.05, 4.69) is 16.0 Å². The molecule has 0 heterocycles. The number of anilines is 1. The minimum atomic E-state index is -0.379. The summed E-state index contributed by atoms with van der Waals surface area (Å²) in [6.45, 7) is 2.37. The van der Waals surface area contributed by atoms with Gasteiger partial charge in [-0.15, -0.1) is 0 Å². The fourth-order valence-corrected chi connectivity index (χ4v) is 2.60. The maximum absolute atomic E-state index is 12.0. The molecule has 0 radical (unpaired) electrons. The van der Waals surface area contributed by atoms with E-state index in [1.165, 1.54) is 6.07 Å². The van der Waals surface area contributed by atoms with E-state index in [0.29, 0.717) is 17.8 Å². The number of amides is 3. The van der Waals surface area contributed by atoms with Gasteiger partial charge in [-0.1, -0.05) is 48.9 Å². The molecule has 0 aliphatic rings. The Labute approximate surface area is 163 Å². The lowest BCUT2D eigenvalue weighted by Crippen LogP contribution is -2.33. The average molecular weight is 388 g/mol. The Bertz CT molecular complexity index is 809. The van der Waals surface area contributed by atoms with E-state index in [0.717, 1.165) is 12.0 Å². The van der Waals surface area contributed by atoms with E-state index in [1.807, 2.05) is 37.3 Å². The summed E-state index contributed by atoms with van der Waals surface area (Å²) in [5.41, 5.74) is 1.67. The lowest BCUT2D eigenvalue weighted by atomic mass is 10.1. The summed E-state index contributed by atoms with van der Waals surface area (Å²) in [5, 5.41) is 8.20. The molecule has 0 aliphatic carbocycles. The molecule has 2 aromatic carbocycles. The Hall–Kier alpha value is -2.86. The van der Waals surface area contributed by atoms with Gasteiger partial charge in [0.1, 0.15) is 0 Å². The van der Waals surface area contributed by atoms with Crippen molar-refractivity contribution in [3.05, 3.63) is 64.7 Å². The van der Waals surface area contributed by atoms with Crippen molar-refractivity contribution in [1.29, 1.82) is 0 Å². The molecule has 0 atom stereocenters. The summed E-state index contributed by atoms with van der Waals surface area (Å²) in [6, 6.07) is 13.9. The Kier molecular flexibility index (Phi) is 7.82. The van der Waals surface area contributed by atoms with Crippen LogP contribution >= 0.6 is 11.6 Å². The van der Waals surface area contributed by atoms with Crippen LogP contribution < -0.4 is 16.0 Å². The Morgan fingerprint density at radius 2 is 1.70 bits per heavy atom. The summed E-state index contributed by atoms with van der Waals surface area (Å²) >= 11 is 6.12. The number of halogens is 1. The van der Waals surface area contributed by atoms with E-state index < -0.39 is 0 Å². The number of carbonyl (C=O) groups excluding carboxylic acids is 3. The maximum Gasteiger partial charge on any atom is 0.252 e. The molecule has 27 heavy (non-hydrogen) atoms. The van der Waals surface area contributed by atoms with Gasteiger partial charge in [-0.3, -0.25) is 14.4 Å². The first-order chi connectivity index (χ1) is 13.0. The molecule has 6 nitrogen and oxygen atoms in total. The van der Waals surface area contributed by atoms with Crippen LogP contribution in [0.4, 0.5) is 5.69 Å². The molecule has 0 bridgehead atoms. The van der Waals surface area contributed by atoms with Crippen molar-refractivity contribution in [1.82, 2.24) is 10.6 Å². The SMILES string of the molecule is CCCNC(=O)c1ccc(NC(=O)CNC(=O)Cc2ccccc2)cc1Cl. The number of hydrogen-bond acceptors (Lipinski definition) is 3. The molecule has 0 aliphatic heterocycles. The van der Waals surface area contributed by atoms with Crippen LogP contribution in [0.2, 0.25) is 5.02 Å². The smallest absolute Gasteiger partial charge is 0.252 e. The van der Waals surface area contributed by atoms with Crippen LogP contribution in [0.15, 0.2) is 48.5 Å². The maximum atomic E-state index is 12.0. The highest BCUT2D eigenvalue weighted by molar-refractivity contribution is 6.34. The molecule has 3 N–H and O–H groups in total. The molecule has 3 amide bonds. The lowest BCUT2D eigenvalue weighted by Gasteiger charge is -2.10. The molecule has 0 spiro atoms. The second kappa shape index (κ2) is 10.3. The van der Waals surface area contributed by atoms with Crippen molar-refractivity contribution in [2.24, 2.45) is 0 Å². The summed E-state index contributed by atoms with van der Waals surface area (Å²) < 4.78 is 0. The number of carbonyl (C=O) groups is 3. The van der Waals surface area contributed by atoms with Gasteiger partial charge in [0, 0.05) is 12.2 Å². The first kappa shape index (κ1) is 20.5. The van der Waals surface area contributed by atoms with Crippen LogP contribution in [0.5, 0.6) is 0 Å². The van der Waals surface area contributed by atoms with Crippen molar-refractivity contribution < 1.29 is 14.4 Å². The summed E-state index contributed by atoms with van der Waals surface area (Å²) in [7, 11) is 0. The van der Waals surface area contributed by atoms with Crippen LogP contribution in [0.3, 0.4) is 0 Å². The van der Waals surface area contributed by atoms with E-state index in [1.54, 1.807) is 12.1 Å². The van der Waals surface area contributed by atoms with E-state index in [-0.39, 0.29) is 35.7 Å². The second-order valence-electron chi connectivity index (χ2n) is 5.94. The number of rotatable bonds is 8. The second-order valence-corrected chi connectivity index (χ2v) is 6.35. The van der Waals surface area contributed by atoms with Crippen LogP contribution in [0.25, 0.3) is 0 Å². The first-order valence-electron chi connectivity index (χ1n) is 8.67. The van der Waals surface area contributed by atoms with Crippen LogP contribution in [-0.2, 0) is 16.0 Å². The highest BCUT2D eigenvalue weighted by atomic mass is 35.5. The van der Waals surface area contributed by atoms with Gasteiger partial charge in [-0.05, 0) is 30.2 Å². The largest absolute Gasteiger partial charge is 0.352 e. The van der Waals surface area contributed by atoms with Crippen molar-refractivity contribution in [3.63, 3.8) is 0 Å². The highest BCUT2D eigenvalue weighted by Crippen LogP contribution is 2.21. The zero-order chi connectivity index (χ0) is 19.6. The van der Waals surface area contributed by atoms with Gasteiger partial charge in [0.2, 0.25) is 11.8 Å². The number of benzene rings is 2. The fraction of sp³-hybridized carbons (Fsp3) is 0.250.